The number of likely N-dealkylation sites (N-methyl/N-ethyl adjacent to an activating group) is 1. The Morgan fingerprint density at radius 3 is 2.50 bits per heavy atom. The fourth-order valence-corrected chi connectivity index (χ4v) is 3.43. The average molecular weight is 433 g/mol. The molecule has 1 aromatic carbocycles. The molecule has 0 saturated carbocycles. The number of benzene rings is 1. The van der Waals surface area contributed by atoms with Crippen molar-refractivity contribution in [1.29, 1.82) is 0 Å². The Kier molecular flexibility index (Phi) is 7.87. The molecule has 1 fully saturated rings. The molecule has 1 unspecified atom stereocenters. The SMILES string of the molecule is CN1CCN(NC(=O)C(CCCN)NC(=O)c2ccc(-c3ccc(Cl)cc3)[nH]2)CC1. The van der Waals surface area contributed by atoms with Crippen LogP contribution in [-0.2, 0) is 4.79 Å². The van der Waals surface area contributed by atoms with E-state index in [0.717, 1.165) is 37.4 Å². The van der Waals surface area contributed by atoms with Gasteiger partial charge >= 0.3 is 0 Å². The van der Waals surface area contributed by atoms with Crippen molar-refractivity contribution in [2.75, 3.05) is 39.8 Å². The maximum Gasteiger partial charge on any atom is 0.268 e. The molecular weight excluding hydrogens is 404 g/mol. The minimum absolute atomic E-state index is 0.217. The molecule has 0 bridgehead atoms. The average Bonchev–Trinajstić information content (AvgIpc) is 3.23. The number of nitrogens with one attached hydrogen (secondary N) is 3. The van der Waals surface area contributed by atoms with Gasteiger partial charge in [0.15, 0.2) is 0 Å². The Labute approximate surface area is 181 Å². The smallest absolute Gasteiger partial charge is 0.268 e. The molecule has 1 aliphatic rings. The van der Waals surface area contributed by atoms with Gasteiger partial charge in [0.25, 0.3) is 11.8 Å². The summed E-state index contributed by atoms with van der Waals surface area (Å²) in [5, 5.41) is 5.39. The highest BCUT2D eigenvalue weighted by atomic mass is 35.5. The van der Waals surface area contributed by atoms with E-state index in [0.29, 0.717) is 30.1 Å². The molecule has 8 nitrogen and oxygen atoms in total. The predicted molar refractivity (Wildman–Crippen MR) is 118 cm³/mol. The van der Waals surface area contributed by atoms with Gasteiger partial charge in [0.2, 0.25) is 0 Å². The molecule has 1 aromatic heterocycles. The van der Waals surface area contributed by atoms with E-state index in [1.807, 2.05) is 23.2 Å². The summed E-state index contributed by atoms with van der Waals surface area (Å²) in [5.41, 5.74) is 10.7. The molecule has 1 saturated heterocycles. The predicted octanol–water partition coefficient (Wildman–Crippen LogP) is 1.45. The number of aromatic amines is 1. The normalized spacial score (nSPS) is 16.2. The van der Waals surface area contributed by atoms with Gasteiger partial charge < -0.3 is 20.9 Å². The molecule has 0 spiro atoms. The monoisotopic (exact) mass is 432 g/mol. The molecule has 2 heterocycles. The summed E-state index contributed by atoms with van der Waals surface area (Å²) in [6.45, 7) is 3.73. The number of hydrazine groups is 1. The first-order valence-corrected chi connectivity index (χ1v) is 10.5. The van der Waals surface area contributed by atoms with Crippen LogP contribution in [0.25, 0.3) is 11.3 Å². The highest BCUT2D eigenvalue weighted by Gasteiger charge is 2.24. The number of carbonyl (C=O) groups excluding carboxylic acids is 2. The Balaban J connectivity index is 1.63. The number of carbonyl (C=O) groups is 2. The highest BCUT2D eigenvalue weighted by Crippen LogP contribution is 2.21. The van der Waals surface area contributed by atoms with Crippen molar-refractivity contribution in [1.82, 2.24) is 25.6 Å². The Hall–Kier alpha value is -2.39. The zero-order valence-corrected chi connectivity index (χ0v) is 17.9. The molecule has 1 atom stereocenters. The fraction of sp³-hybridized carbons (Fsp3) is 0.429. The molecule has 3 rings (SSSR count). The van der Waals surface area contributed by atoms with Crippen molar-refractivity contribution in [3.8, 4) is 11.3 Å². The van der Waals surface area contributed by atoms with E-state index < -0.39 is 6.04 Å². The highest BCUT2D eigenvalue weighted by molar-refractivity contribution is 6.30. The molecule has 2 aromatic rings. The third kappa shape index (κ3) is 6.06. The number of nitrogens with two attached hydrogens (primary N) is 1. The van der Waals surface area contributed by atoms with Gasteiger partial charge in [-0.1, -0.05) is 23.7 Å². The molecule has 162 valence electrons. The minimum atomic E-state index is -0.650. The first-order valence-electron chi connectivity index (χ1n) is 10.2. The quantitative estimate of drug-likeness (QED) is 0.505. The van der Waals surface area contributed by atoms with Crippen molar-refractivity contribution in [2.24, 2.45) is 5.73 Å². The lowest BCUT2D eigenvalue weighted by Gasteiger charge is -2.33. The van der Waals surface area contributed by atoms with Gasteiger partial charge in [-0.3, -0.25) is 15.0 Å². The van der Waals surface area contributed by atoms with Gasteiger partial charge in [0.1, 0.15) is 11.7 Å². The zero-order valence-electron chi connectivity index (χ0n) is 17.2. The van der Waals surface area contributed by atoms with E-state index >= 15 is 0 Å². The second kappa shape index (κ2) is 10.6. The van der Waals surface area contributed by atoms with Crippen LogP contribution in [-0.4, -0.2) is 72.5 Å². The van der Waals surface area contributed by atoms with Gasteiger partial charge in [-0.25, -0.2) is 5.01 Å². The minimum Gasteiger partial charge on any atom is -0.351 e. The molecule has 0 aliphatic carbocycles. The van der Waals surface area contributed by atoms with Gasteiger partial charge in [0, 0.05) is 36.9 Å². The van der Waals surface area contributed by atoms with Crippen molar-refractivity contribution < 1.29 is 9.59 Å². The number of hydrogen-bond donors (Lipinski definition) is 4. The first kappa shape index (κ1) is 22.3. The van der Waals surface area contributed by atoms with E-state index in [2.05, 4.69) is 27.7 Å². The maximum atomic E-state index is 12.8. The lowest BCUT2D eigenvalue weighted by atomic mass is 10.1. The van der Waals surface area contributed by atoms with Crippen LogP contribution in [0.2, 0.25) is 5.02 Å². The van der Waals surface area contributed by atoms with E-state index in [4.69, 9.17) is 17.3 Å². The second-order valence-electron chi connectivity index (χ2n) is 7.52. The van der Waals surface area contributed by atoms with Crippen LogP contribution in [0.1, 0.15) is 23.3 Å². The number of hydrogen-bond acceptors (Lipinski definition) is 5. The number of nitrogens with zero attached hydrogens (tertiary/aromatic N) is 2. The van der Waals surface area contributed by atoms with E-state index in [-0.39, 0.29) is 11.8 Å². The summed E-state index contributed by atoms with van der Waals surface area (Å²) in [5.74, 6) is -0.545. The van der Waals surface area contributed by atoms with Gasteiger partial charge in [-0.15, -0.1) is 0 Å². The molecule has 9 heteroatoms. The number of halogens is 1. The second-order valence-corrected chi connectivity index (χ2v) is 7.95. The van der Waals surface area contributed by atoms with Crippen molar-refractivity contribution in [3.63, 3.8) is 0 Å². The van der Waals surface area contributed by atoms with Crippen LogP contribution in [0.5, 0.6) is 0 Å². The summed E-state index contributed by atoms with van der Waals surface area (Å²) in [6, 6.07) is 10.2. The van der Waals surface area contributed by atoms with Gasteiger partial charge in [-0.05, 0) is 56.3 Å². The summed E-state index contributed by atoms with van der Waals surface area (Å²) in [4.78, 5) is 30.9. The third-order valence-electron chi connectivity index (χ3n) is 5.18. The fourth-order valence-electron chi connectivity index (χ4n) is 3.30. The lowest BCUT2D eigenvalue weighted by Crippen LogP contribution is -2.57. The van der Waals surface area contributed by atoms with E-state index in [1.165, 1.54) is 0 Å². The maximum absolute atomic E-state index is 12.8. The number of amides is 2. The van der Waals surface area contributed by atoms with Crippen molar-refractivity contribution in [3.05, 3.63) is 47.1 Å². The number of aromatic nitrogens is 1. The van der Waals surface area contributed by atoms with Crippen LogP contribution in [0, 0.1) is 0 Å². The third-order valence-corrected chi connectivity index (χ3v) is 5.43. The molecule has 1 aliphatic heterocycles. The molecule has 2 amide bonds. The van der Waals surface area contributed by atoms with Crippen LogP contribution in [0.3, 0.4) is 0 Å². The summed E-state index contributed by atoms with van der Waals surface area (Å²) in [7, 11) is 2.05. The lowest BCUT2D eigenvalue weighted by molar-refractivity contribution is -0.128. The van der Waals surface area contributed by atoms with Gasteiger partial charge in [-0.2, -0.15) is 0 Å². The standard InChI is InChI=1S/C21H29ClN6O2/c1-27-11-13-28(14-12-27)26-21(30)18(3-2-10-23)25-20(29)19-9-8-17(24-19)15-4-6-16(22)7-5-15/h4-9,18,24H,2-3,10-14,23H2,1H3,(H,25,29)(H,26,30). The van der Waals surface area contributed by atoms with Crippen LogP contribution >= 0.6 is 11.6 Å². The van der Waals surface area contributed by atoms with E-state index in [1.54, 1.807) is 18.2 Å². The Morgan fingerprint density at radius 2 is 1.83 bits per heavy atom. The molecule has 0 radical (unpaired) electrons. The van der Waals surface area contributed by atoms with Gasteiger partial charge in [0.05, 0.1) is 0 Å². The largest absolute Gasteiger partial charge is 0.351 e. The first-order chi connectivity index (χ1) is 14.5. The summed E-state index contributed by atoms with van der Waals surface area (Å²) in [6.07, 6.45) is 1.12. The van der Waals surface area contributed by atoms with Crippen molar-refractivity contribution in [2.45, 2.75) is 18.9 Å². The number of rotatable bonds is 8. The zero-order chi connectivity index (χ0) is 21.5. The molecule has 5 N–H and O–H groups in total. The topological polar surface area (TPSA) is 106 Å². The van der Waals surface area contributed by atoms with Crippen LogP contribution in [0.15, 0.2) is 36.4 Å². The number of piperazine rings is 1. The van der Waals surface area contributed by atoms with Crippen molar-refractivity contribution >= 4 is 23.4 Å². The summed E-state index contributed by atoms with van der Waals surface area (Å²) >= 11 is 5.93. The van der Waals surface area contributed by atoms with Crippen LogP contribution in [0.4, 0.5) is 0 Å². The summed E-state index contributed by atoms with van der Waals surface area (Å²) < 4.78 is 0. The van der Waals surface area contributed by atoms with E-state index in [9.17, 15) is 9.59 Å². The molecular formula is C21H29ClN6O2. The number of H-pyrrole nitrogens is 1. The van der Waals surface area contributed by atoms with Crippen LogP contribution < -0.4 is 16.5 Å². The Morgan fingerprint density at radius 1 is 1.13 bits per heavy atom. The molecule has 30 heavy (non-hydrogen) atoms. The Bertz CT molecular complexity index is 845.